The molecule has 6 rings (SSSR count). The molecule has 6 atom stereocenters. The lowest BCUT2D eigenvalue weighted by atomic mass is 9.82. The Morgan fingerprint density at radius 2 is 1.21 bits per heavy atom. The Morgan fingerprint density at radius 1 is 0.682 bits per heavy atom. The van der Waals surface area contributed by atoms with Gasteiger partial charge < -0.3 is 45.0 Å². The van der Waals surface area contributed by atoms with E-state index in [0.717, 1.165) is 54.4 Å². The molecule has 1 saturated carbocycles. The first-order valence-electron chi connectivity index (χ1n) is 23.2. The van der Waals surface area contributed by atoms with E-state index in [2.05, 4.69) is 25.9 Å². The van der Waals surface area contributed by atoms with Gasteiger partial charge in [0.25, 0.3) is 0 Å². The van der Waals surface area contributed by atoms with Gasteiger partial charge in [-0.2, -0.15) is 0 Å². The summed E-state index contributed by atoms with van der Waals surface area (Å²) in [6.07, 6.45) is 5.14. The van der Waals surface area contributed by atoms with E-state index in [1.807, 2.05) is 121 Å². The smallest absolute Gasteiger partial charge is 0.408 e. The minimum Gasteiger partial charge on any atom is -0.444 e. The van der Waals surface area contributed by atoms with E-state index in [-0.39, 0.29) is 38.6 Å². The number of benzene rings is 4. The summed E-state index contributed by atoms with van der Waals surface area (Å²) in [5.41, 5.74) is 3.43. The second-order valence-electron chi connectivity index (χ2n) is 18.2. The minimum atomic E-state index is -1.27. The third-order valence-corrected chi connectivity index (χ3v) is 11.6. The Balaban J connectivity index is 1.30. The fourth-order valence-corrected chi connectivity index (χ4v) is 8.26. The van der Waals surface area contributed by atoms with Crippen molar-refractivity contribution < 1.29 is 38.4 Å². The molecule has 1 aliphatic rings. The van der Waals surface area contributed by atoms with Crippen molar-refractivity contribution in [3.63, 3.8) is 0 Å². The second kappa shape index (κ2) is 25.7. The highest BCUT2D eigenvalue weighted by molar-refractivity contribution is 5.91. The molecule has 0 saturated heterocycles. The average Bonchev–Trinajstić information content (AvgIpc) is 3.84. The number of aliphatic hydroxyl groups is 1. The van der Waals surface area contributed by atoms with Gasteiger partial charge in [-0.05, 0) is 55.4 Å². The summed E-state index contributed by atoms with van der Waals surface area (Å²) in [7, 11) is 0. The standard InChI is InChI=1S/C53H67N5O8/c1-53(2,3)66-52(62)58-45(30-39-21-11-5-12-22-39)50(60)57-46(31-43-32-54-37-55-43)51(61)56-44(29-38-19-9-4-10-20-38)48(59)49(65-35-42-27-17-8-18-28-42)47(64-34-41-25-15-7-16-26-41)36-63-33-40-23-13-6-14-24-40/h5-8,11-18,21-28,32,37-38,44-49,59H,4,9-10,19-20,29-31,33-36H2,1-3H3,(H,54,55)(H,56,61)(H,57,60)(H,58,62)/t44-,45-,46-,47+,48+,49-/m0/s1. The summed E-state index contributed by atoms with van der Waals surface area (Å²) < 4.78 is 25.2. The first-order chi connectivity index (χ1) is 32.0. The zero-order valence-corrected chi connectivity index (χ0v) is 38.5. The van der Waals surface area contributed by atoms with Gasteiger partial charge in [0.2, 0.25) is 11.8 Å². The first kappa shape index (κ1) is 49.6. The van der Waals surface area contributed by atoms with Crippen LogP contribution in [0.2, 0.25) is 0 Å². The number of nitrogens with zero attached hydrogens (tertiary/aromatic N) is 1. The third-order valence-electron chi connectivity index (χ3n) is 11.6. The molecule has 13 nitrogen and oxygen atoms in total. The minimum absolute atomic E-state index is 0.0540. The van der Waals surface area contributed by atoms with Crippen molar-refractivity contribution in [2.45, 2.75) is 134 Å². The van der Waals surface area contributed by atoms with Crippen LogP contribution in [0.4, 0.5) is 4.79 Å². The number of aliphatic hydroxyl groups excluding tert-OH is 1. The van der Waals surface area contributed by atoms with Gasteiger partial charge in [0, 0.05) is 24.7 Å². The SMILES string of the molecule is CC(C)(C)OC(=O)N[C@@H](Cc1ccccc1)C(=O)N[C@@H](Cc1cnc[nH]1)C(=O)N[C@@H](CC1CCCCC1)[C@@H](O)[C@@H](OCc1ccccc1)[C@@H](COCc1ccccc1)OCc1ccccc1. The van der Waals surface area contributed by atoms with Gasteiger partial charge in [0.15, 0.2) is 0 Å². The lowest BCUT2D eigenvalue weighted by molar-refractivity contribution is -0.161. The highest BCUT2D eigenvalue weighted by Gasteiger charge is 2.39. The number of imidazole rings is 1. The van der Waals surface area contributed by atoms with E-state index in [4.69, 9.17) is 18.9 Å². The predicted octanol–water partition coefficient (Wildman–Crippen LogP) is 7.78. The number of hydrogen-bond acceptors (Lipinski definition) is 9. The van der Waals surface area contributed by atoms with E-state index in [0.29, 0.717) is 18.7 Å². The zero-order valence-electron chi connectivity index (χ0n) is 38.5. The van der Waals surface area contributed by atoms with Crippen LogP contribution < -0.4 is 16.0 Å². The first-order valence-corrected chi connectivity index (χ1v) is 23.2. The molecule has 1 aromatic heterocycles. The largest absolute Gasteiger partial charge is 0.444 e. The Hall–Kier alpha value is -5.86. The number of ether oxygens (including phenoxy) is 4. The lowest BCUT2D eigenvalue weighted by Crippen LogP contribution is -2.60. The summed E-state index contributed by atoms with van der Waals surface area (Å²) >= 11 is 0. The van der Waals surface area contributed by atoms with Crippen LogP contribution in [0.25, 0.3) is 0 Å². The third kappa shape index (κ3) is 16.8. The molecule has 1 heterocycles. The van der Waals surface area contributed by atoms with Gasteiger partial charge >= 0.3 is 6.09 Å². The van der Waals surface area contributed by atoms with E-state index < -0.39 is 59.9 Å². The number of hydrogen-bond donors (Lipinski definition) is 5. The molecule has 5 N–H and O–H groups in total. The molecular weight excluding hydrogens is 835 g/mol. The van der Waals surface area contributed by atoms with Crippen molar-refractivity contribution in [3.05, 3.63) is 162 Å². The van der Waals surface area contributed by atoms with Crippen LogP contribution >= 0.6 is 0 Å². The van der Waals surface area contributed by atoms with Crippen molar-refractivity contribution >= 4 is 17.9 Å². The topological polar surface area (TPSA) is 173 Å². The maximum Gasteiger partial charge on any atom is 0.408 e. The van der Waals surface area contributed by atoms with Gasteiger partial charge in [-0.1, -0.05) is 153 Å². The Morgan fingerprint density at radius 3 is 1.77 bits per heavy atom. The molecule has 5 aromatic rings. The van der Waals surface area contributed by atoms with Crippen molar-refractivity contribution in [2.75, 3.05) is 6.61 Å². The summed E-state index contributed by atoms with van der Waals surface area (Å²) in [5.74, 6) is -0.874. The zero-order chi connectivity index (χ0) is 46.6. The van der Waals surface area contributed by atoms with Gasteiger partial charge in [0.1, 0.15) is 36.0 Å². The van der Waals surface area contributed by atoms with Crippen LogP contribution in [0.5, 0.6) is 0 Å². The Labute approximate surface area is 389 Å². The van der Waals surface area contributed by atoms with Gasteiger partial charge in [0.05, 0.1) is 38.8 Å². The second-order valence-corrected chi connectivity index (χ2v) is 18.2. The maximum atomic E-state index is 14.9. The number of alkyl carbamates (subject to hydrolysis) is 1. The number of amides is 3. The normalized spacial score (nSPS) is 15.9. The van der Waals surface area contributed by atoms with Gasteiger partial charge in [-0.25, -0.2) is 9.78 Å². The molecule has 0 radical (unpaired) electrons. The summed E-state index contributed by atoms with van der Waals surface area (Å²) in [6.45, 7) is 6.05. The van der Waals surface area contributed by atoms with E-state index in [1.165, 1.54) is 6.33 Å². The number of carbonyl (C=O) groups is 3. The van der Waals surface area contributed by atoms with Crippen LogP contribution in [0.15, 0.2) is 134 Å². The van der Waals surface area contributed by atoms with Crippen LogP contribution in [0.3, 0.4) is 0 Å². The molecule has 3 amide bonds. The van der Waals surface area contributed by atoms with Crippen molar-refractivity contribution in [2.24, 2.45) is 5.92 Å². The number of aromatic nitrogens is 2. The molecule has 0 spiro atoms. The van der Waals surface area contributed by atoms with Crippen molar-refractivity contribution in [1.82, 2.24) is 25.9 Å². The van der Waals surface area contributed by atoms with Crippen molar-refractivity contribution in [1.29, 1.82) is 0 Å². The summed E-state index contributed by atoms with van der Waals surface area (Å²) in [5, 5.41) is 21.7. The lowest BCUT2D eigenvalue weighted by Gasteiger charge is -2.37. The molecule has 13 heteroatoms. The van der Waals surface area contributed by atoms with E-state index in [1.54, 1.807) is 27.0 Å². The highest BCUT2D eigenvalue weighted by Crippen LogP contribution is 2.30. The predicted molar refractivity (Wildman–Crippen MR) is 253 cm³/mol. The molecular formula is C53H67N5O8. The van der Waals surface area contributed by atoms with Gasteiger partial charge in [-0.15, -0.1) is 0 Å². The summed E-state index contributed by atoms with van der Waals surface area (Å²) in [6, 6.07) is 35.6. The maximum absolute atomic E-state index is 14.9. The number of H-pyrrole nitrogens is 1. The number of nitrogens with one attached hydrogen (secondary N) is 4. The molecule has 66 heavy (non-hydrogen) atoms. The monoisotopic (exact) mass is 901 g/mol. The molecule has 352 valence electrons. The van der Waals surface area contributed by atoms with Crippen LogP contribution in [-0.4, -0.2) is 81.6 Å². The fourth-order valence-electron chi connectivity index (χ4n) is 8.26. The quantitative estimate of drug-likeness (QED) is 0.0415. The highest BCUT2D eigenvalue weighted by atomic mass is 16.6. The molecule has 1 aliphatic carbocycles. The van der Waals surface area contributed by atoms with Crippen LogP contribution in [-0.2, 0) is 61.2 Å². The fraction of sp³-hybridized carbons (Fsp3) is 0.434. The molecule has 0 bridgehead atoms. The average molecular weight is 902 g/mol. The van der Waals surface area contributed by atoms with E-state index >= 15 is 0 Å². The van der Waals surface area contributed by atoms with Crippen LogP contribution in [0, 0.1) is 5.92 Å². The molecule has 0 aliphatic heterocycles. The summed E-state index contributed by atoms with van der Waals surface area (Å²) in [4.78, 5) is 49.6. The number of carbonyl (C=O) groups excluding carboxylic acids is 3. The van der Waals surface area contributed by atoms with Crippen molar-refractivity contribution in [3.8, 4) is 0 Å². The Bertz CT molecular complexity index is 2150. The molecule has 4 aromatic carbocycles. The molecule has 0 unspecified atom stereocenters. The number of aromatic amines is 1. The van der Waals surface area contributed by atoms with Crippen LogP contribution in [0.1, 0.15) is 87.2 Å². The van der Waals surface area contributed by atoms with Gasteiger partial charge in [-0.3, -0.25) is 9.59 Å². The Kier molecular flexibility index (Phi) is 19.3. The van der Waals surface area contributed by atoms with E-state index in [9.17, 15) is 19.5 Å². The number of rotatable bonds is 24. The molecule has 1 fully saturated rings.